The number of nitro groups is 1. The van der Waals surface area contributed by atoms with Crippen molar-refractivity contribution in [3.8, 4) is 0 Å². The number of hydrogen-bond acceptors (Lipinski definition) is 6. The van der Waals surface area contributed by atoms with Gasteiger partial charge in [0.1, 0.15) is 6.20 Å². The zero-order valence-corrected chi connectivity index (χ0v) is 12.3. The van der Waals surface area contributed by atoms with Crippen molar-refractivity contribution >= 4 is 17.5 Å². The number of anilines is 2. The fourth-order valence-corrected chi connectivity index (χ4v) is 2.82. The first-order valence-corrected chi connectivity index (χ1v) is 6.89. The molecule has 1 saturated heterocycles. The highest BCUT2D eigenvalue weighted by Gasteiger charge is 2.34. The molecule has 3 unspecified atom stereocenters. The first-order valence-electron chi connectivity index (χ1n) is 6.89. The summed E-state index contributed by atoms with van der Waals surface area (Å²) in [6.45, 7) is 7.23. The van der Waals surface area contributed by atoms with Crippen LogP contribution in [-0.2, 0) is 0 Å². The Morgan fingerprint density at radius 3 is 2.75 bits per heavy atom. The van der Waals surface area contributed by atoms with Crippen LogP contribution >= 0.6 is 0 Å². The van der Waals surface area contributed by atoms with Crippen molar-refractivity contribution in [3.05, 3.63) is 16.3 Å². The largest absolute Gasteiger partial charge is 0.357 e. The third kappa shape index (κ3) is 2.66. The van der Waals surface area contributed by atoms with Crippen molar-refractivity contribution in [2.45, 2.75) is 33.2 Å². The Morgan fingerprint density at radius 2 is 2.15 bits per heavy atom. The molecule has 0 radical (unpaired) electrons. The zero-order valence-electron chi connectivity index (χ0n) is 12.3. The summed E-state index contributed by atoms with van der Waals surface area (Å²) in [5.74, 6) is 1.80. The minimum absolute atomic E-state index is 0.0304. The minimum atomic E-state index is -0.411. The van der Waals surface area contributed by atoms with Gasteiger partial charge in [-0.3, -0.25) is 10.1 Å². The third-order valence-electron chi connectivity index (χ3n) is 4.04. The highest BCUT2D eigenvalue weighted by Crippen LogP contribution is 2.35. The molecule has 0 saturated carbocycles. The lowest BCUT2D eigenvalue weighted by Gasteiger charge is -2.41. The predicted octanol–water partition coefficient (Wildman–Crippen LogP) is 2.30. The second-order valence-electron chi connectivity index (χ2n) is 5.62. The molecular formula is C13H21N5O2. The van der Waals surface area contributed by atoms with Crippen LogP contribution in [0.15, 0.2) is 6.20 Å². The van der Waals surface area contributed by atoms with Crippen molar-refractivity contribution in [1.82, 2.24) is 9.97 Å². The van der Waals surface area contributed by atoms with Gasteiger partial charge in [-0.25, -0.2) is 4.98 Å². The highest BCUT2D eigenvalue weighted by molar-refractivity contribution is 5.59. The number of piperidine rings is 1. The van der Waals surface area contributed by atoms with E-state index in [2.05, 4.69) is 36.1 Å². The summed E-state index contributed by atoms with van der Waals surface area (Å²) in [5, 5.41) is 14.1. The van der Waals surface area contributed by atoms with Gasteiger partial charge in [0.05, 0.1) is 4.92 Å². The van der Waals surface area contributed by atoms with Crippen LogP contribution in [0, 0.1) is 22.0 Å². The lowest BCUT2D eigenvalue weighted by Crippen LogP contribution is -2.46. The van der Waals surface area contributed by atoms with Gasteiger partial charge < -0.3 is 10.2 Å². The average molecular weight is 279 g/mol. The minimum Gasteiger partial charge on any atom is -0.357 e. The molecule has 0 aliphatic carbocycles. The maximum absolute atomic E-state index is 11.2. The molecule has 20 heavy (non-hydrogen) atoms. The quantitative estimate of drug-likeness (QED) is 0.675. The molecular weight excluding hydrogens is 258 g/mol. The molecule has 1 fully saturated rings. The SMILES string of the molecule is CNc1ncc([N+](=O)[O-])c(N2CC(C)CC(C)C2C)n1. The number of hydrogen-bond donors (Lipinski definition) is 1. The summed E-state index contributed by atoms with van der Waals surface area (Å²) in [6, 6.07) is 0.226. The Hall–Kier alpha value is -1.92. The van der Waals surface area contributed by atoms with E-state index in [1.54, 1.807) is 7.05 Å². The monoisotopic (exact) mass is 279 g/mol. The van der Waals surface area contributed by atoms with Crippen LogP contribution in [0.4, 0.5) is 17.5 Å². The van der Waals surface area contributed by atoms with Crippen LogP contribution in [0.5, 0.6) is 0 Å². The molecule has 1 aliphatic heterocycles. The van der Waals surface area contributed by atoms with Crippen LogP contribution in [0.1, 0.15) is 27.2 Å². The van der Waals surface area contributed by atoms with Gasteiger partial charge in [-0.05, 0) is 25.2 Å². The van der Waals surface area contributed by atoms with Gasteiger partial charge in [0.15, 0.2) is 0 Å². The van der Waals surface area contributed by atoms with Crippen LogP contribution in [0.25, 0.3) is 0 Å². The van der Waals surface area contributed by atoms with E-state index in [1.165, 1.54) is 6.20 Å². The van der Waals surface area contributed by atoms with Gasteiger partial charge in [-0.2, -0.15) is 4.98 Å². The Bertz CT molecular complexity index is 508. The van der Waals surface area contributed by atoms with Crippen molar-refractivity contribution < 1.29 is 4.92 Å². The van der Waals surface area contributed by atoms with Gasteiger partial charge >= 0.3 is 5.69 Å². The zero-order chi connectivity index (χ0) is 14.9. The molecule has 0 amide bonds. The number of rotatable bonds is 3. The van der Waals surface area contributed by atoms with E-state index in [1.807, 2.05) is 4.90 Å². The molecule has 1 aromatic heterocycles. The van der Waals surface area contributed by atoms with E-state index >= 15 is 0 Å². The standard InChI is InChI=1S/C13H21N5O2/c1-8-5-9(2)10(3)17(7-8)12-11(18(19)20)6-15-13(14-4)16-12/h6,8-10H,5,7H2,1-4H3,(H,14,15,16). The summed E-state index contributed by atoms with van der Waals surface area (Å²) >= 11 is 0. The number of nitrogens with zero attached hydrogens (tertiary/aromatic N) is 4. The van der Waals surface area contributed by atoms with Crippen molar-refractivity contribution in [2.24, 2.45) is 11.8 Å². The van der Waals surface area contributed by atoms with Crippen LogP contribution in [0.2, 0.25) is 0 Å². The van der Waals surface area contributed by atoms with Crippen molar-refractivity contribution in [2.75, 3.05) is 23.8 Å². The first kappa shape index (κ1) is 14.5. The molecule has 1 N–H and O–H groups in total. The van der Waals surface area contributed by atoms with E-state index in [9.17, 15) is 10.1 Å². The molecule has 7 heteroatoms. The van der Waals surface area contributed by atoms with Gasteiger partial charge in [-0.1, -0.05) is 13.8 Å². The van der Waals surface area contributed by atoms with Crippen LogP contribution in [0.3, 0.4) is 0 Å². The maximum Gasteiger partial charge on any atom is 0.329 e. The maximum atomic E-state index is 11.2. The molecule has 2 rings (SSSR count). The summed E-state index contributed by atoms with van der Waals surface area (Å²) in [6.07, 6.45) is 2.42. The Labute approximate surface area is 118 Å². The molecule has 0 bridgehead atoms. The van der Waals surface area contributed by atoms with E-state index in [-0.39, 0.29) is 11.7 Å². The van der Waals surface area contributed by atoms with E-state index in [4.69, 9.17) is 0 Å². The Balaban J connectivity index is 2.45. The second kappa shape index (κ2) is 5.60. The molecule has 1 aliphatic rings. The highest BCUT2D eigenvalue weighted by atomic mass is 16.6. The fourth-order valence-electron chi connectivity index (χ4n) is 2.82. The summed E-state index contributed by atoms with van der Waals surface area (Å²) in [5.41, 5.74) is -0.0304. The molecule has 110 valence electrons. The topological polar surface area (TPSA) is 84.2 Å². The average Bonchev–Trinajstić information content (AvgIpc) is 2.42. The molecule has 2 heterocycles. The van der Waals surface area contributed by atoms with E-state index < -0.39 is 4.92 Å². The lowest BCUT2D eigenvalue weighted by molar-refractivity contribution is -0.384. The van der Waals surface area contributed by atoms with E-state index in [0.717, 1.165) is 13.0 Å². The summed E-state index contributed by atoms with van der Waals surface area (Å²) in [4.78, 5) is 21.1. The summed E-state index contributed by atoms with van der Waals surface area (Å²) in [7, 11) is 1.70. The molecule has 7 nitrogen and oxygen atoms in total. The van der Waals surface area contributed by atoms with Gasteiger partial charge in [-0.15, -0.1) is 0 Å². The van der Waals surface area contributed by atoms with Crippen LogP contribution < -0.4 is 10.2 Å². The second-order valence-corrected chi connectivity index (χ2v) is 5.62. The third-order valence-corrected chi connectivity index (χ3v) is 4.04. The normalized spacial score (nSPS) is 26.4. The molecule has 0 spiro atoms. The smallest absolute Gasteiger partial charge is 0.329 e. The van der Waals surface area contributed by atoms with Crippen molar-refractivity contribution in [1.29, 1.82) is 0 Å². The van der Waals surface area contributed by atoms with E-state index in [0.29, 0.717) is 23.6 Å². The van der Waals surface area contributed by atoms with Crippen molar-refractivity contribution in [3.63, 3.8) is 0 Å². The molecule has 3 atom stereocenters. The Kier molecular flexibility index (Phi) is 4.06. The Morgan fingerprint density at radius 1 is 1.45 bits per heavy atom. The summed E-state index contributed by atoms with van der Waals surface area (Å²) < 4.78 is 0. The van der Waals surface area contributed by atoms with Crippen LogP contribution in [-0.4, -0.2) is 34.5 Å². The first-order chi connectivity index (χ1) is 9.43. The molecule has 1 aromatic rings. The van der Waals surface area contributed by atoms with Gasteiger partial charge in [0.25, 0.3) is 0 Å². The van der Waals surface area contributed by atoms with Gasteiger partial charge in [0.2, 0.25) is 11.8 Å². The molecule has 0 aromatic carbocycles. The fraction of sp³-hybridized carbons (Fsp3) is 0.692. The predicted molar refractivity (Wildman–Crippen MR) is 78.0 cm³/mol. The number of nitrogens with one attached hydrogen (secondary N) is 1. The number of aromatic nitrogens is 2. The lowest BCUT2D eigenvalue weighted by atomic mass is 9.86. The van der Waals surface area contributed by atoms with Gasteiger partial charge in [0, 0.05) is 19.6 Å².